The lowest BCUT2D eigenvalue weighted by molar-refractivity contribution is 0.132. The van der Waals surface area contributed by atoms with E-state index in [0.717, 1.165) is 19.6 Å². The van der Waals surface area contributed by atoms with Crippen LogP contribution >= 0.6 is 0 Å². The molecule has 19 heavy (non-hydrogen) atoms. The smallest absolute Gasteiger partial charge is 0.0348 e. The van der Waals surface area contributed by atoms with Gasteiger partial charge >= 0.3 is 0 Å². The lowest BCUT2D eigenvalue weighted by Gasteiger charge is -2.37. The number of benzene rings is 1. The molecule has 0 aliphatic rings. The Hall–Kier alpha value is -0.860. The highest BCUT2D eigenvalue weighted by Crippen LogP contribution is 2.28. The summed E-state index contributed by atoms with van der Waals surface area (Å²) in [6, 6.07) is 11.4. The van der Waals surface area contributed by atoms with Gasteiger partial charge < -0.3 is 5.73 Å². The number of hydrogen-bond acceptors (Lipinski definition) is 2. The van der Waals surface area contributed by atoms with Gasteiger partial charge in [0.2, 0.25) is 0 Å². The van der Waals surface area contributed by atoms with Crippen molar-refractivity contribution in [3.05, 3.63) is 35.9 Å². The van der Waals surface area contributed by atoms with E-state index in [0.29, 0.717) is 6.04 Å². The van der Waals surface area contributed by atoms with E-state index in [4.69, 9.17) is 5.73 Å². The Morgan fingerprint density at radius 1 is 1.16 bits per heavy atom. The van der Waals surface area contributed by atoms with Gasteiger partial charge in [0, 0.05) is 12.6 Å². The van der Waals surface area contributed by atoms with Crippen LogP contribution < -0.4 is 5.73 Å². The molecule has 0 aromatic heterocycles. The number of nitrogens with two attached hydrogens (primary N) is 1. The third-order valence-corrected chi connectivity index (χ3v) is 3.78. The monoisotopic (exact) mass is 262 g/mol. The van der Waals surface area contributed by atoms with Crippen molar-refractivity contribution in [2.75, 3.05) is 19.6 Å². The molecule has 0 saturated carbocycles. The molecule has 0 radical (unpaired) electrons. The van der Waals surface area contributed by atoms with Crippen molar-refractivity contribution in [3.8, 4) is 0 Å². The molecule has 0 spiro atoms. The maximum Gasteiger partial charge on any atom is 0.0348 e. The molecule has 0 aliphatic carbocycles. The molecule has 0 bridgehead atoms. The van der Waals surface area contributed by atoms with Gasteiger partial charge in [-0.15, -0.1) is 0 Å². The Morgan fingerprint density at radius 2 is 1.79 bits per heavy atom. The highest BCUT2D eigenvalue weighted by atomic mass is 15.2. The summed E-state index contributed by atoms with van der Waals surface area (Å²) in [4.78, 5) is 2.58. The SMILES string of the molecule is CCCC(c1ccccc1)N(CC)CC(C)(C)CN. The fraction of sp³-hybridized carbons (Fsp3) is 0.647. The van der Waals surface area contributed by atoms with Gasteiger partial charge in [0.05, 0.1) is 0 Å². The van der Waals surface area contributed by atoms with Gasteiger partial charge in [0.1, 0.15) is 0 Å². The molecule has 1 aromatic rings. The van der Waals surface area contributed by atoms with Crippen LogP contribution in [-0.4, -0.2) is 24.5 Å². The highest BCUT2D eigenvalue weighted by Gasteiger charge is 2.25. The maximum absolute atomic E-state index is 5.90. The molecule has 1 atom stereocenters. The molecule has 1 unspecified atom stereocenters. The van der Waals surface area contributed by atoms with Crippen molar-refractivity contribution in [3.63, 3.8) is 0 Å². The van der Waals surface area contributed by atoms with Crippen molar-refractivity contribution >= 4 is 0 Å². The summed E-state index contributed by atoms with van der Waals surface area (Å²) in [5.74, 6) is 0. The minimum absolute atomic E-state index is 0.177. The number of rotatable bonds is 8. The highest BCUT2D eigenvalue weighted by molar-refractivity contribution is 5.19. The van der Waals surface area contributed by atoms with Crippen molar-refractivity contribution in [1.82, 2.24) is 4.90 Å². The predicted molar refractivity (Wildman–Crippen MR) is 84.2 cm³/mol. The topological polar surface area (TPSA) is 29.3 Å². The van der Waals surface area contributed by atoms with Crippen molar-refractivity contribution in [2.24, 2.45) is 11.1 Å². The summed E-state index contributed by atoms with van der Waals surface area (Å²) in [5.41, 5.74) is 7.50. The Balaban J connectivity index is 2.89. The van der Waals surface area contributed by atoms with E-state index in [-0.39, 0.29) is 5.41 Å². The second-order valence-corrected chi connectivity index (χ2v) is 6.15. The average molecular weight is 262 g/mol. The molecule has 1 aromatic carbocycles. The molecule has 108 valence electrons. The van der Waals surface area contributed by atoms with E-state index in [9.17, 15) is 0 Å². The molecule has 0 fully saturated rings. The van der Waals surface area contributed by atoms with E-state index in [1.807, 2.05) is 0 Å². The summed E-state index contributed by atoms with van der Waals surface area (Å²) < 4.78 is 0. The molecule has 0 amide bonds. The van der Waals surface area contributed by atoms with E-state index in [1.165, 1.54) is 18.4 Å². The quantitative estimate of drug-likeness (QED) is 0.771. The van der Waals surface area contributed by atoms with Crippen LogP contribution in [0.25, 0.3) is 0 Å². The largest absolute Gasteiger partial charge is 0.330 e. The van der Waals surface area contributed by atoms with Gasteiger partial charge in [0.15, 0.2) is 0 Å². The normalized spacial score (nSPS) is 13.8. The van der Waals surface area contributed by atoms with Gasteiger partial charge in [-0.25, -0.2) is 0 Å². The first kappa shape index (κ1) is 16.2. The van der Waals surface area contributed by atoms with Crippen LogP contribution in [0.15, 0.2) is 30.3 Å². The van der Waals surface area contributed by atoms with Crippen molar-refractivity contribution in [1.29, 1.82) is 0 Å². The summed E-state index contributed by atoms with van der Waals surface area (Å²) in [6.07, 6.45) is 2.41. The van der Waals surface area contributed by atoms with E-state index >= 15 is 0 Å². The summed E-state index contributed by atoms with van der Waals surface area (Å²) in [7, 11) is 0. The first-order chi connectivity index (χ1) is 9.04. The number of nitrogens with zero attached hydrogens (tertiary/aromatic N) is 1. The standard InChI is InChI=1S/C17H30N2/c1-5-10-16(15-11-8-7-9-12-15)19(6-2)14-17(3,4)13-18/h7-9,11-12,16H,5-6,10,13-14,18H2,1-4H3. The van der Waals surface area contributed by atoms with Gasteiger partial charge in [-0.1, -0.05) is 64.4 Å². The Morgan fingerprint density at radius 3 is 2.26 bits per heavy atom. The minimum atomic E-state index is 0.177. The fourth-order valence-electron chi connectivity index (χ4n) is 2.57. The first-order valence-electron chi connectivity index (χ1n) is 7.53. The van der Waals surface area contributed by atoms with E-state index in [1.54, 1.807) is 0 Å². The minimum Gasteiger partial charge on any atom is -0.330 e. The average Bonchev–Trinajstić information content (AvgIpc) is 2.43. The Bertz CT molecular complexity index is 346. The molecule has 1 rings (SSSR count). The van der Waals surface area contributed by atoms with Crippen molar-refractivity contribution in [2.45, 2.75) is 46.6 Å². The van der Waals surface area contributed by atoms with Gasteiger partial charge in [-0.3, -0.25) is 4.90 Å². The van der Waals surface area contributed by atoms with Gasteiger partial charge in [-0.2, -0.15) is 0 Å². The van der Waals surface area contributed by atoms with Gasteiger partial charge in [0.25, 0.3) is 0 Å². The van der Waals surface area contributed by atoms with Crippen LogP contribution in [0.1, 0.15) is 52.1 Å². The van der Waals surface area contributed by atoms with Crippen LogP contribution in [-0.2, 0) is 0 Å². The predicted octanol–water partition coefficient (Wildman–Crippen LogP) is 3.83. The second kappa shape index (κ2) is 7.66. The summed E-state index contributed by atoms with van der Waals surface area (Å²) >= 11 is 0. The summed E-state index contributed by atoms with van der Waals surface area (Å²) in [5, 5.41) is 0. The van der Waals surface area contributed by atoms with E-state index in [2.05, 4.69) is 62.9 Å². The molecular weight excluding hydrogens is 232 g/mol. The molecule has 0 saturated heterocycles. The van der Waals surface area contributed by atoms with Gasteiger partial charge in [-0.05, 0) is 30.5 Å². The zero-order chi connectivity index (χ0) is 14.3. The number of hydrogen-bond donors (Lipinski definition) is 1. The Kier molecular flexibility index (Phi) is 6.53. The fourth-order valence-corrected chi connectivity index (χ4v) is 2.57. The lowest BCUT2D eigenvalue weighted by atomic mass is 9.90. The van der Waals surface area contributed by atoms with E-state index < -0.39 is 0 Å². The zero-order valence-electron chi connectivity index (χ0n) is 13.0. The van der Waals surface area contributed by atoms with Crippen LogP contribution in [0.3, 0.4) is 0 Å². The van der Waals surface area contributed by atoms with Crippen LogP contribution in [0.2, 0.25) is 0 Å². The summed E-state index contributed by atoms with van der Waals surface area (Å²) in [6.45, 7) is 11.9. The zero-order valence-corrected chi connectivity index (χ0v) is 13.0. The Labute approximate surface area is 119 Å². The van der Waals surface area contributed by atoms with Crippen LogP contribution in [0.4, 0.5) is 0 Å². The second-order valence-electron chi connectivity index (χ2n) is 6.15. The molecule has 2 nitrogen and oxygen atoms in total. The molecule has 2 N–H and O–H groups in total. The molecule has 0 aliphatic heterocycles. The van der Waals surface area contributed by atoms with Crippen LogP contribution in [0.5, 0.6) is 0 Å². The third kappa shape index (κ3) is 4.96. The van der Waals surface area contributed by atoms with Crippen molar-refractivity contribution < 1.29 is 0 Å². The molecular formula is C17H30N2. The van der Waals surface area contributed by atoms with Crippen LogP contribution in [0, 0.1) is 5.41 Å². The third-order valence-electron chi connectivity index (χ3n) is 3.78. The molecule has 0 heterocycles. The molecule has 2 heteroatoms. The lowest BCUT2D eigenvalue weighted by Crippen LogP contribution is -2.40. The first-order valence-corrected chi connectivity index (χ1v) is 7.53. The maximum atomic E-state index is 5.90.